The molecule has 1 N–H and O–H groups in total. The van der Waals surface area contributed by atoms with Gasteiger partial charge in [-0.3, -0.25) is 4.90 Å². The van der Waals surface area contributed by atoms with E-state index in [1.807, 2.05) is 0 Å². The van der Waals surface area contributed by atoms with Gasteiger partial charge in [0, 0.05) is 39.8 Å². The van der Waals surface area contributed by atoms with Gasteiger partial charge >= 0.3 is 0 Å². The SMILES string of the molecule is CCc1ccccc1CN1CC(NS(=O)(=O)N(C)C)C(C(C)C)C1. The largest absolute Gasteiger partial charge is 0.297 e. The molecule has 1 aliphatic rings. The summed E-state index contributed by atoms with van der Waals surface area (Å²) in [5.74, 6) is 0.764. The van der Waals surface area contributed by atoms with Crippen LogP contribution >= 0.6 is 0 Å². The first-order chi connectivity index (χ1) is 11.2. The van der Waals surface area contributed by atoms with Crippen molar-refractivity contribution in [2.45, 2.75) is 39.8 Å². The zero-order valence-corrected chi connectivity index (χ0v) is 16.3. The number of benzene rings is 1. The topological polar surface area (TPSA) is 52.7 Å². The normalized spacial score (nSPS) is 22.6. The number of nitrogens with one attached hydrogen (secondary N) is 1. The molecular formula is C18H31N3O2S. The van der Waals surface area contributed by atoms with E-state index in [1.165, 1.54) is 15.4 Å². The number of rotatable bonds is 7. The fourth-order valence-corrected chi connectivity index (χ4v) is 4.28. The van der Waals surface area contributed by atoms with Crippen molar-refractivity contribution in [3.05, 3.63) is 35.4 Å². The molecule has 1 heterocycles. The van der Waals surface area contributed by atoms with Crippen LogP contribution in [0.4, 0.5) is 0 Å². The standard InChI is InChI=1S/C18H31N3O2S/c1-6-15-9-7-8-10-16(15)11-21-12-17(14(2)3)18(13-21)19-24(22,23)20(4)5/h7-10,14,17-19H,6,11-13H2,1-5H3. The zero-order valence-electron chi connectivity index (χ0n) is 15.5. The van der Waals surface area contributed by atoms with E-state index in [2.05, 4.69) is 54.7 Å². The molecule has 24 heavy (non-hydrogen) atoms. The molecule has 0 radical (unpaired) electrons. The quantitative estimate of drug-likeness (QED) is 0.817. The van der Waals surface area contributed by atoms with Crippen LogP contribution in [-0.4, -0.2) is 50.8 Å². The summed E-state index contributed by atoms with van der Waals surface area (Å²) in [7, 11) is -0.268. The Hall–Kier alpha value is -0.950. The van der Waals surface area contributed by atoms with E-state index in [4.69, 9.17) is 0 Å². The van der Waals surface area contributed by atoms with Crippen molar-refractivity contribution in [3.8, 4) is 0 Å². The van der Waals surface area contributed by atoms with Crippen molar-refractivity contribution in [3.63, 3.8) is 0 Å². The Balaban J connectivity index is 2.12. The molecule has 2 atom stereocenters. The van der Waals surface area contributed by atoms with Crippen LogP contribution in [0.25, 0.3) is 0 Å². The van der Waals surface area contributed by atoms with Gasteiger partial charge in [0.2, 0.25) is 0 Å². The fourth-order valence-electron chi connectivity index (χ4n) is 3.44. The maximum atomic E-state index is 12.2. The molecule has 1 aromatic rings. The van der Waals surface area contributed by atoms with E-state index >= 15 is 0 Å². The van der Waals surface area contributed by atoms with Gasteiger partial charge in [-0.05, 0) is 29.4 Å². The lowest BCUT2D eigenvalue weighted by atomic mass is 9.92. The minimum absolute atomic E-state index is 0.0359. The molecule has 2 unspecified atom stereocenters. The molecule has 0 aromatic heterocycles. The number of hydrogen-bond acceptors (Lipinski definition) is 3. The summed E-state index contributed by atoms with van der Waals surface area (Å²) in [5.41, 5.74) is 2.72. The van der Waals surface area contributed by atoms with Crippen molar-refractivity contribution in [1.29, 1.82) is 0 Å². The Bertz CT molecular complexity index is 643. The van der Waals surface area contributed by atoms with E-state index < -0.39 is 10.2 Å². The highest BCUT2D eigenvalue weighted by atomic mass is 32.2. The summed E-state index contributed by atoms with van der Waals surface area (Å²) in [5, 5.41) is 0. The monoisotopic (exact) mass is 353 g/mol. The van der Waals surface area contributed by atoms with Crippen LogP contribution in [0.1, 0.15) is 31.9 Å². The Labute approximate surface area is 147 Å². The van der Waals surface area contributed by atoms with E-state index in [0.717, 1.165) is 26.1 Å². The highest BCUT2D eigenvalue weighted by Crippen LogP contribution is 2.27. The maximum absolute atomic E-state index is 12.2. The average Bonchev–Trinajstić information content (AvgIpc) is 2.89. The van der Waals surface area contributed by atoms with Gasteiger partial charge in [-0.25, -0.2) is 0 Å². The van der Waals surface area contributed by atoms with Crippen LogP contribution in [0, 0.1) is 11.8 Å². The van der Waals surface area contributed by atoms with Crippen LogP contribution in [0.3, 0.4) is 0 Å². The van der Waals surface area contributed by atoms with Gasteiger partial charge in [0.05, 0.1) is 0 Å². The summed E-state index contributed by atoms with van der Waals surface area (Å²) in [6.07, 6.45) is 1.02. The van der Waals surface area contributed by atoms with E-state index in [0.29, 0.717) is 11.8 Å². The lowest BCUT2D eigenvalue weighted by molar-refractivity contribution is 0.295. The Kier molecular flexibility index (Phi) is 6.42. The third-order valence-electron chi connectivity index (χ3n) is 4.97. The number of nitrogens with zero attached hydrogens (tertiary/aromatic N) is 2. The predicted molar refractivity (Wildman–Crippen MR) is 99.0 cm³/mol. The summed E-state index contributed by atoms with van der Waals surface area (Å²) in [6.45, 7) is 9.09. The third kappa shape index (κ3) is 4.57. The van der Waals surface area contributed by atoms with Crippen LogP contribution in [-0.2, 0) is 23.2 Å². The second-order valence-corrected chi connectivity index (χ2v) is 9.15. The second-order valence-electron chi connectivity index (χ2n) is 7.24. The first-order valence-corrected chi connectivity index (χ1v) is 10.2. The second kappa shape index (κ2) is 7.95. The molecule has 1 fully saturated rings. The Morgan fingerprint density at radius 2 is 1.83 bits per heavy atom. The Morgan fingerprint density at radius 1 is 1.21 bits per heavy atom. The Morgan fingerprint density at radius 3 is 2.38 bits per heavy atom. The van der Waals surface area contributed by atoms with Gasteiger partial charge in [0.15, 0.2) is 0 Å². The highest BCUT2D eigenvalue weighted by Gasteiger charge is 2.37. The molecule has 1 saturated heterocycles. The van der Waals surface area contributed by atoms with Gasteiger partial charge in [0.25, 0.3) is 10.2 Å². The average molecular weight is 354 g/mol. The van der Waals surface area contributed by atoms with Crippen molar-refractivity contribution < 1.29 is 8.42 Å². The summed E-state index contributed by atoms with van der Waals surface area (Å²) in [6, 6.07) is 8.48. The molecular weight excluding hydrogens is 322 g/mol. The lowest BCUT2D eigenvalue weighted by Gasteiger charge is -2.24. The van der Waals surface area contributed by atoms with Crippen LogP contribution in [0.5, 0.6) is 0 Å². The van der Waals surface area contributed by atoms with Crippen LogP contribution in [0.15, 0.2) is 24.3 Å². The van der Waals surface area contributed by atoms with Crippen LogP contribution < -0.4 is 4.72 Å². The zero-order chi connectivity index (χ0) is 17.9. The van der Waals surface area contributed by atoms with E-state index in [1.54, 1.807) is 14.1 Å². The molecule has 0 aliphatic carbocycles. The van der Waals surface area contributed by atoms with E-state index in [-0.39, 0.29) is 6.04 Å². The summed E-state index contributed by atoms with van der Waals surface area (Å²) >= 11 is 0. The predicted octanol–water partition coefficient (Wildman–Crippen LogP) is 2.10. The number of aryl methyl sites for hydroxylation is 1. The van der Waals surface area contributed by atoms with Crippen molar-refractivity contribution in [2.75, 3.05) is 27.2 Å². The molecule has 2 rings (SSSR count). The molecule has 5 nitrogen and oxygen atoms in total. The van der Waals surface area contributed by atoms with E-state index in [9.17, 15) is 8.42 Å². The van der Waals surface area contributed by atoms with Gasteiger partial charge in [-0.15, -0.1) is 0 Å². The maximum Gasteiger partial charge on any atom is 0.279 e. The smallest absolute Gasteiger partial charge is 0.279 e. The molecule has 0 amide bonds. The molecule has 1 aromatic carbocycles. The summed E-state index contributed by atoms with van der Waals surface area (Å²) < 4.78 is 28.6. The minimum Gasteiger partial charge on any atom is -0.297 e. The molecule has 0 spiro atoms. The first kappa shape index (κ1) is 19.4. The molecule has 0 bridgehead atoms. The molecule has 0 saturated carbocycles. The number of hydrogen-bond donors (Lipinski definition) is 1. The van der Waals surface area contributed by atoms with Gasteiger partial charge < -0.3 is 0 Å². The fraction of sp³-hybridized carbons (Fsp3) is 0.667. The van der Waals surface area contributed by atoms with Gasteiger partial charge in [0.1, 0.15) is 0 Å². The molecule has 1 aliphatic heterocycles. The first-order valence-electron chi connectivity index (χ1n) is 8.73. The minimum atomic E-state index is -3.40. The van der Waals surface area contributed by atoms with Crippen molar-refractivity contribution in [1.82, 2.24) is 13.9 Å². The third-order valence-corrected chi connectivity index (χ3v) is 6.53. The summed E-state index contributed by atoms with van der Waals surface area (Å²) in [4.78, 5) is 2.38. The highest BCUT2D eigenvalue weighted by molar-refractivity contribution is 7.87. The molecule has 136 valence electrons. The van der Waals surface area contributed by atoms with Crippen molar-refractivity contribution >= 4 is 10.2 Å². The number of likely N-dealkylation sites (tertiary alicyclic amines) is 1. The molecule has 6 heteroatoms. The van der Waals surface area contributed by atoms with Gasteiger partial charge in [-0.1, -0.05) is 45.0 Å². The lowest BCUT2D eigenvalue weighted by Crippen LogP contribution is -2.46. The van der Waals surface area contributed by atoms with Crippen LogP contribution in [0.2, 0.25) is 0 Å². The van der Waals surface area contributed by atoms with Gasteiger partial charge in [-0.2, -0.15) is 17.4 Å². The van der Waals surface area contributed by atoms with Crippen molar-refractivity contribution in [2.24, 2.45) is 11.8 Å².